The zero-order chi connectivity index (χ0) is 13.8. The number of alkyl carbamates (subject to hydrolysis) is 1. The zero-order valence-corrected chi connectivity index (χ0v) is 12.4. The Bertz CT molecular complexity index is 467. The number of anilines is 1. The number of nitrogens with two attached hydrogens (primary N) is 1. The Labute approximate surface area is 121 Å². The summed E-state index contributed by atoms with van der Waals surface area (Å²) >= 11 is 3.57. The van der Waals surface area contributed by atoms with Gasteiger partial charge in [0.05, 0.1) is 18.8 Å². The standard InChI is InChI=1S/C13H18BrN3O2/c1-19-13(18)16-10-4-5-17(8-10)12-3-2-9(7-15)6-11(12)14/h2-3,6,10H,4-5,7-8,15H2,1H3,(H,16,18). The van der Waals surface area contributed by atoms with Crippen molar-refractivity contribution in [2.75, 3.05) is 25.1 Å². The van der Waals surface area contributed by atoms with Gasteiger partial charge < -0.3 is 20.7 Å². The first-order valence-electron chi connectivity index (χ1n) is 6.22. The molecule has 1 aliphatic rings. The lowest BCUT2D eigenvalue weighted by atomic mass is 10.2. The molecular weight excluding hydrogens is 310 g/mol. The van der Waals surface area contributed by atoms with E-state index in [1.165, 1.54) is 7.11 Å². The predicted molar refractivity (Wildman–Crippen MR) is 78.2 cm³/mol. The first-order chi connectivity index (χ1) is 9.13. The molecule has 1 heterocycles. The Morgan fingerprint density at radius 2 is 2.42 bits per heavy atom. The van der Waals surface area contributed by atoms with Crippen LogP contribution in [0.5, 0.6) is 0 Å². The maximum Gasteiger partial charge on any atom is 0.407 e. The first kappa shape index (κ1) is 14.1. The number of ether oxygens (including phenoxy) is 1. The second-order valence-electron chi connectivity index (χ2n) is 4.56. The van der Waals surface area contributed by atoms with Gasteiger partial charge in [-0.3, -0.25) is 0 Å². The topological polar surface area (TPSA) is 67.6 Å². The van der Waals surface area contributed by atoms with E-state index >= 15 is 0 Å². The molecule has 5 nitrogen and oxygen atoms in total. The summed E-state index contributed by atoms with van der Waals surface area (Å²) < 4.78 is 5.65. The number of nitrogens with one attached hydrogen (secondary N) is 1. The number of hydrogen-bond acceptors (Lipinski definition) is 4. The Hall–Kier alpha value is -1.27. The molecule has 1 fully saturated rings. The van der Waals surface area contributed by atoms with Gasteiger partial charge in [-0.05, 0) is 40.0 Å². The van der Waals surface area contributed by atoms with Crippen molar-refractivity contribution < 1.29 is 9.53 Å². The fourth-order valence-corrected chi connectivity index (χ4v) is 2.93. The minimum Gasteiger partial charge on any atom is -0.453 e. The van der Waals surface area contributed by atoms with Gasteiger partial charge in [0.1, 0.15) is 0 Å². The van der Waals surface area contributed by atoms with Gasteiger partial charge in [0.2, 0.25) is 0 Å². The molecule has 19 heavy (non-hydrogen) atoms. The normalized spacial score (nSPS) is 18.5. The van der Waals surface area contributed by atoms with Crippen LogP contribution in [-0.4, -0.2) is 32.3 Å². The fraction of sp³-hybridized carbons (Fsp3) is 0.462. The number of benzene rings is 1. The van der Waals surface area contributed by atoms with Crippen LogP contribution in [0.1, 0.15) is 12.0 Å². The summed E-state index contributed by atoms with van der Waals surface area (Å²) in [6, 6.07) is 6.26. The molecule has 3 N–H and O–H groups in total. The second kappa shape index (κ2) is 6.25. The molecular formula is C13H18BrN3O2. The number of nitrogens with zero attached hydrogens (tertiary/aromatic N) is 1. The average molecular weight is 328 g/mol. The lowest BCUT2D eigenvalue weighted by Crippen LogP contribution is -2.37. The highest BCUT2D eigenvalue weighted by atomic mass is 79.9. The van der Waals surface area contributed by atoms with Gasteiger partial charge in [0, 0.05) is 24.1 Å². The van der Waals surface area contributed by atoms with E-state index < -0.39 is 0 Å². The van der Waals surface area contributed by atoms with Crippen LogP contribution in [0.4, 0.5) is 10.5 Å². The van der Waals surface area contributed by atoms with E-state index in [1.807, 2.05) is 12.1 Å². The maximum absolute atomic E-state index is 11.2. The molecule has 1 amide bonds. The van der Waals surface area contributed by atoms with Crippen molar-refractivity contribution in [1.29, 1.82) is 0 Å². The molecule has 0 aromatic heterocycles. The summed E-state index contributed by atoms with van der Waals surface area (Å²) in [6.07, 6.45) is 0.546. The number of methoxy groups -OCH3 is 1. The Morgan fingerprint density at radius 1 is 1.63 bits per heavy atom. The summed E-state index contributed by atoms with van der Waals surface area (Å²) in [5.41, 5.74) is 7.85. The highest BCUT2D eigenvalue weighted by Gasteiger charge is 2.25. The minimum atomic E-state index is -0.371. The van der Waals surface area contributed by atoms with Crippen molar-refractivity contribution in [2.24, 2.45) is 5.73 Å². The smallest absolute Gasteiger partial charge is 0.407 e. The van der Waals surface area contributed by atoms with Crippen LogP contribution in [0.3, 0.4) is 0 Å². The van der Waals surface area contributed by atoms with Crippen molar-refractivity contribution >= 4 is 27.7 Å². The first-order valence-corrected chi connectivity index (χ1v) is 7.01. The molecule has 0 saturated carbocycles. The quantitative estimate of drug-likeness (QED) is 0.889. The van der Waals surface area contributed by atoms with E-state index in [1.54, 1.807) is 0 Å². The second-order valence-corrected chi connectivity index (χ2v) is 5.41. The van der Waals surface area contributed by atoms with Crippen LogP contribution in [0.25, 0.3) is 0 Å². The Morgan fingerprint density at radius 3 is 3.05 bits per heavy atom. The van der Waals surface area contributed by atoms with Crippen LogP contribution >= 0.6 is 15.9 Å². The lowest BCUT2D eigenvalue weighted by molar-refractivity contribution is 0.167. The lowest BCUT2D eigenvalue weighted by Gasteiger charge is -2.20. The van der Waals surface area contributed by atoms with Gasteiger partial charge >= 0.3 is 6.09 Å². The summed E-state index contributed by atoms with van der Waals surface area (Å²) in [5.74, 6) is 0. The van der Waals surface area contributed by atoms with Gasteiger partial charge in [0.25, 0.3) is 0 Å². The summed E-state index contributed by atoms with van der Waals surface area (Å²) in [5, 5.41) is 2.83. The molecule has 1 atom stereocenters. The molecule has 1 aromatic rings. The highest BCUT2D eigenvalue weighted by molar-refractivity contribution is 9.10. The van der Waals surface area contributed by atoms with Gasteiger partial charge in [-0.15, -0.1) is 0 Å². The van der Waals surface area contributed by atoms with E-state index in [9.17, 15) is 4.79 Å². The van der Waals surface area contributed by atoms with Crippen LogP contribution in [0.2, 0.25) is 0 Å². The largest absolute Gasteiger partial charge is 0.453 e. The third-order valence-corrected chi connectivity index (χ3v) is 3.92. The third-order valence-electron chi connectivity index (χ3n) is 3.28. The van der Waals surface area contributed by atoms with Gasteiger partial charge in [-0.25, -0.2) is 4.79 Å². The fourth-order valence-electron chi connectivity index (χ4n) is 2.26. The molecule has 0 spiro atoms. The van der Waals surface area contributed by atoms with Crippen LogP contribution in [-0.2, 0) is 11.3 Å². The van der Waals surface area contributed by atoms with E-state index in [2.05, 4.69) is 36.9 Å². The SMILES string of the molecule is COC(=O)NC1CCN(c2ccc(CN)cc2Br)C1. The van der Waals surface area contributed by atoms with E-state index in [-0.39, 0.29) is 12.1 Å². The number of carbonyl (C=O) groups excluding carboxylic acids is 1. The molecule has 0 aliphatic carbocycles. The van der Waals surface area contributed by atoms with Crippen LogP contribution < -0.4 is 16.0 Å². The average Bonchev–Trinajstić information content (AvgIpc) is 2.86. The molecule has 1 unspecified atom stereocenters. The Balaban J connectivity index is 2.02. The summed E-state index contributed by atoms with van der Waals surface area (Å²) in [6.45, 7) is 2.23. The molecule has 2 rings (SSSR count). The molecule has 1 aliphatic heterocycles. The van der Waals surface area contributed by atoms with Crippen molar-refractivity contribution in [1.82, 2.24) is 5.32 Å². The monoisotopic (exact) mass is 327 g/mol. The molecule has 1 aromatic carbocycles. The molecule has 1 saturated heterocycles. The van der Waals surface area contributed by atoms with E-state index in [0.717, 1.165) is 35.2 Å². The van der Waals surface area contributed by atoms with Crippen molar-refractivity contribution in [3.63, 3.8) is 0 Å². The molecule has 0 bridgehead atoms. The molecule has 0 radical (unpaired) electrons. The minimum absolute atomic E-state index is 0.133. The maximum atomic E-state index is 11.2. The molecule has 6 heteroatoms. The van der Waals surface area contributed by atoms with Crippen LogP contribution in [0, 0.1) is 0 Å². The highest BCUT2D eigenvalue weighted by Crippen LogP contribution is 2.30. The number of carbonyl (C=O) groups is 1. The van der Waals surface area contributed by atoms with Crippen molar-refractivity contribution in [3.8, 4) is 0 Å². The zero-order valence-electron chi connectivity index (χ0n) is 10.9. The number of halogens is 1. The number of amides is 1. The number of rotatable bonds is 3. The molecule has 104 valence electrons. The van der Waals surface area contributed by atoms with Crippen LogP contribution in [0.15, 0.2) is 22.7 Å². The number of hydrogen-bond donors (Lipinski definition) is 2. The van der Waals surface area contributed by atoms with Gasteiger partial charge in [0.15, 0.2) is 0 Å². The van der Waals surface area contributed by atoms with E-state index in [4.69, 9.17) is 5.73 Å². The Kier molecular flexibility index (Phi) is 4.66. The van der Waals surface area contributed by atoms with Gasteiger partial charge in [-0.2, -0.15) is 0 Å². The van der Waals surface area contributed by atoms with Crippen molar-refractivity contribution in [3.05, 3.63) is 28.2 Å². The van der Waals surface area contributed by atoms with Gasteiger partial charge in [-0.1, -0.05) is 6.07 Å². The van der Waals surface area contributed by atoms with Crippen molar-refractivity contribution in [2.45, 2.75) is 19.0 Å². The van der Waals surface area contributed by atoms with E-state index in [0.29, 0.717) is 6.54 Å². The summed E-state index contributed by atoms with van der Waals surface area (Å²) in [4.78, 5) is 13.4. The summed E-state index contributed by atoms with van der Waals surface area (Å²) in [7, 11) is 1.38. The predicted octanol–water partition coefficient (Wildman–Crippen LogP) is 1.84. The third kappa shape index (κ3) is 3.39.